The summed E-state index contributed by atoms with van der Waals surface area (Å²) in [6.07, 6.45) is 5.72. The van der Waals surface area contributed by atoms with Gasteiger partial charge in [-0.3, -0.25) is 14.6 Å². The molecule has 1 aliphatic rings. The number of anilines is 1. The number of ketones is 1. The Labute approximate surface area is 250 Å². The first-order valence-electron chi connectivity index (χ1n) is 14.3. The highest BCUT2D eigenvalue weighted by Gasteiger charge is 2.36. The van der Waals surface area contributed by atoms with E-state index in [-0.39, 0.29) is 43.0 Å². The lowest BCUT2D eigenvalue weighted by atomic mass is 10.00. The molecule has 4 heterocycles. The maximum Gasteiger partial charge on any atom is 0.410 e. The summed E-state index contributed by atoms with van der Waals surface area (Å²) < 4.78 is 12.2. The van der Waals surface area contributed by atoms with Crippen LogP contribution in [0.5, 0.6) is 0 Å². The van der Waals surface area contributed by atoms with Crippen LogP contribution in [0, 0.1) is 5.92 Å². The van der Waals surface area contributed by atoms with Crippen molar-refractivity contribution in [3.63, 3.8) is 0 Å². The Balaban J connectivity index is 1.34. The number of hydrogen-bond acceptors (Lipinski definition) is 8. The molecule has 0 aliphatic carbocycles. The number of carbonyl (C=O) groups is 3. The number of rotatable bonds is 11. The molecule has 5 rings (SSSR count). The molecule has 43 heavy (non-hydrogen) atoms. The molecule has 11 nitrogen and oxygen atoms in total. The second kappa shape index (κ2) is 13.5. The summed E-state index contributed by atoms with van der Waals surface area (Å²) in [5.74, 6) is -0.140. The van der Waals surface area contributed by atoms with E-state index in [9.17, 15) is 14.4 Å². The molecule has 0 bridgehead atoms. The predicted molar refractivity (Wildman–Crippen MR) is 162 cm³/mol. The summed E-state index contributed by atoms with van der Waals surface area (Å²) >= 11 is 0. The number of ether oxygens (including phenoxy) is 2. The minimum absolute atomic E-state index is 0.00271. The van der Waals surface area contributed by atoms with Crippen LogP contribution in [0.15, 0.2) is 67.1 Å². The lowest BCUT2D eigenvalue weighted by molar-refractivity contribution is -0.124. The average molecular weight is 585 g/mol. The molecule has 3 aromatic heterocycles. The van der Waals surface area contributed by atoms with Crippen LogP contribution in [0.3, 0.4) is 0 Å². The van der Waals surface area contributed by atoms with E-state index in [1.807, 2.05) is 54.7 Å². The molecule has 2 N–H and O–H groups in total. The zero-order valence-electron chi connectivity index (χ0n) is 24.6. The number of aromatic nitrogens is 3. The van der Waals surface area contributed by atoms with Crippen molar-refractivity contribution in [2.75, 3.05) is 32.1 Å². The maximum atomic E-state index is 12.9. The van der Waals surface area contributed by atoms with Gasteiger partial charge < -0.3 is 25.0 Å². The zero-order chi connectivity index (χ0) is 30.3. The fraction of sp³-hybridized carbons (Fsp3) is 0.344. The van der Waals surface area contributed by atoms with Crippen LogP contribution in [0.1, 0.15) is 41.9 Å². The Bertz CT molecular complexity index is 1590. The third-order valence-electron chi connectivity index (χ3n) is 7.68. The quantitative estimate of drug-likeness (QED) is 0.250. The largest absolute Gasteiger partial charge is 0.445 e. The molecule has 224 valence electrons. The van der Waals surface area contributed by atoms with Gasteiger partial charge in [0.05, 0.1) is 35.2 Å². The number of hydrogen-bond donors (Lipinski definition) is 2. The molecule has 1 aliphatic heterocycles. The predicted octanol–water partition coefficient (Wildman–Crippen LogP) is 4.32. The molecular weight excluding hydrogens is 548 g/mol. The molecule has 0 radical (unpaired) electrons. The third-order valence-corrected chi connectivity index (χ3v) is 7.68. The van der Waals surface area contributed by atoms with Crippen molar-refractivity contribution in [1.82, 2.24) is 24.8 Å². The summed E-state index contributed by atoms with van der Waals surface area (Å²) in [6, 6.07) is 15.3. The van der Waals surface area contributed by atoms with Gasteiger partial charge in [0.1, 0.15) is 13.2 Å². The molecule has 2 unspecified atom stereocenters. The molecule has 1 fully saturated rings. The van der Waals surface area contributed by atoms with Crippen LogP contribution in [-0.4, -0.2) is 70.1 Å². The number of methoxy groups -OCH3 is 1. The van der Waals surface area contributed by atoms with Gasteiger partial charge in [-0.05, 0) is 37.0 Å². The molecule has 11 heteroatoms. The molecular formula is C32H36N6O5. The van der Waals surface area contributed by atoms with E-state index in [0.717, 1.165) is 34.3 Å². The van der Waals surface area contributed by atoms with Gasteiger partial charge in [-0.1, -0.05) is 43.3 Å². The molecule has 4 aromatic rings. The van der Waals surface area contributed by atoms with Crippen molar-refractivity contribution in [3.05, 3.63) is 83.9 Å². The van der Waals surface area contributed by atoms with Crippen molar-refractivity contribution in [1.29, 1.82) is 0 Å². The number of nitrogens with one attached hydrogen (secondary N) is 2. The van der Waals surface area contributed by atoms with E-state index in [2.05, 4.69) is 27.6 Å². The highest BCUT2D eigenvalue weighted by Crippen LogP contribution is 2.32. The SMILES string of the molecule is CCC1CN(C(=O)OCc2ccccc2)CC1Nc1c(C(C)=O)cnn2cc(-c3ccc(CNC(=O)COC)nc3)cc12. The van der Waals surface area contributed by atoms with Crippen molar-refractivity contribution >= 4 is 29.0 Å². The third kappa shape index (κ3) is 7.00. The smallest absolute Gasteiger partial charge is 0.410 e. The Morgan fingerprint density at radius 3 is 2.56 bits per heavy atom. The summed E-state index contributed by atoms with van der Waals surface area (Å²) in [4.78, 5) is 43.5. The van der Waals surface area contributed by atoms with Gasteiger partial charge in [0, 0.05) is 49.8 Å². The molecule has 0 saturated carbocycles. The van der Waals surface area contributed by atoms with E-state index in [1.54, 1.807) is 21.8 Å². The second-order valence-corrected chi connectivity index (χ2v) is 10.7. The van der Waals surface area contributed by atoms with Gasteiger partial charge in [0.15, 0.2) is 5.78 Å². The van der Waals surface area contributed by atoms with Gasteiger partial charge in [0.25, 0.3) is 0 Å². The number of likely N-dealkylation sites (tertiary alicyclic amines) is 1. The zero-order valence-corrected chi connectivity index (χ0v) is 24.6. The lowest BCUT2D eigenvalue weighted by Gasteiger charge is -2.21. The van der Waals surface area contributed by atoms with Gasteiger partial charge >= 0.3 is 6.09 Å². The first-order valence-corrected chi connectivity index (χ1v) is 14.3. The minimum Gasteiger partial charge on any atom is -0.445 e. The first kappa shape index (κ1) is 29.7. The number of carbonyl (C=O) groups excluding carboxylic acids is 3. The average Bonchev–Trinajstić information content (AvgIpc) is 3.64. The Morgan fingerprint density at radius 2 is 1.86 bits per heavy atom. The molecule has 1 aromatic carbocycles. The van der Waals surface area contributed by atoms with E-state index >= 15 is 0 Å². The van der Waals surface area contributed by atoms with Gasteiger partial charge in [-0.2, -0.15) is 5.10 Å². The number of fused-ring (bicyclic) bond motifs is 1. The standard InChI is InChI=1S/C32H36N6O5/c1-4-23-16-37(32(41)43-19-22-8-6-5-7-9-22)18-28(23)36-31-27(21(2)39)15-35-38-17-25(12-29(31)38)24-10-11-26(33-13-24)14-34-30(40)20-42-3/h5-13,15,17,23,28,36H,4,14,16,18-20H2,1-3H3,(H,34,40). The fourth-order valence-corrected chi connectivity index (χ4v) is 5.30. The van der Waals surface area contributed by atoms with Crippen molar-refractivity contribution in [2.24, 2.45) is 5.92 Å². The molecule has 2 atom stereocenters. The van der Waals surface area contributed by atoms with Crippen LogP contribution in [0.2, 0.25) is 0 Å². The van der Waals surface area contributed by atoms with Gasteiger partial charge in [-0.15, -0.1) is 0 Å². The number of Topliss-reactive ketones (excluding diaryl/α,β-unsaturated/α-hetero) is 1. The Kier molecular flexibility index (Phi) is 9.31. The summed E-state index contributed by atoms with van der Waals surface area (Å²) in [5, 5.41) is 10.9. The van der Waals surface area contributed by atoms with Gasteiger partial charge in [0.2, 0.25) is 5.91 Å². The Hall–Kier alpha value is -4.77. The highest BCUT2D eigenvalue weighted by molar-refractivity contribution is 6.03. The minimum atomic E-state index is -0.350. The number of amides is 2. The lowest BCUT2D eigenvalue weighted by Crippen LogP contribution is -2.32. The van der Waals surface area contributed by atoms with E-state index in [4.69, 9.17) is 9.47 Å². The fourth-order valence-electron chi connectivity index (χ4n) is 5.30. The first-order chi connectivity index (χ1) is 20.9. The van der Waals surface area contributed by atoms with Crippen molar-refractivity contribution in [3.8, 4) is 11.1 Å². The van der Waals surface area contributed by atoms with E-state index in [0.29, 0.717) is 30.9 Å². The van der Waals surface area contributed by atoms with Crippen LogP contribution in [-0.2, 0) is 27.4 Å². The highest BCUT2D eigenvalue weighted by atomic mass is 16.6. The number of benzene rings is 1. The van der Waals surface area contributed by atoms with Crippen LogP contribution in [0.4, 0.5) is 10.5 Å². The summed E-state index contributed by atoms with van der Waals surface area (Å²) in [6.45, 7) is 5.16. The van der Waals surface area contributed by atoms with Crippen molar-refractivity contribution in [2.45, 2.75) is 39.5 Å². The monoisotopic (exact) mass is 584 g/mol. The number of nitrogens with zero attached hydrogens (tertiary/aromatic N) is 4. The summed E-state index contributed by atoms with van der Waals surface area (Å²) in [5.41, 5.74) is 5.31. The normalized spacial score (nSPS) is 16.3. The van der Waals surface area contributed by atoms with Gasteiger partial charge in [-0.25, -0.2) is 9.31 Å². The van der Waals surface area contributed by atoms with Crippen LogP contribution < -0.4 is 10.6 Å². The van der Waals surface area contributed by atoms with Crippen molar-refractivity contribution < 1.29 is 23.9 Å². The number of pyridine rings is 1. The molecule has 0 spiro atoms. The molecule has 1 saturated heterocycles. The topological polar surface area (TPSA) is 127 Å². The van der Waals surface area contributed by atoms with Crippen LogP contribution >= 0.6 is 0 Å². The van der Waals surface area contributed by atoms with E-state index < -0.39 is 0 Å². The molecule has 2 amide bonds. The maximum absolute atomic E-state index is 12.9. The van der Waals surface area contributed by atoms with E-state index in [1.165, 1.54) is 14.0 Å². The summed E-state index contributed by atoms with van der Waals surface area (Å²) in [7, 11) is 1.47. The second-order valence-electron chi connectivity index (χ2n) is 10.7. The Morgan fingerprint density at radius 1 is 1.05 bits per heavy atom. The van der Waals surface area contributed by atoms with Crippen LogP contribution in [0.25, 0.3) is 16.6 Å².